The number of benzene rings is 4. The maximum absolute atomic E-state index is 3.84. The van der Waals surface area contributed by atoms with Crippen LogP contribution in [0.15, 0.2) is 99.9 Å². The SMILES string of the molecule is CCC(CCCCCC1(CCCCCC2Cc3ccccc32)c2cc(Br)ccc2-c2ccc(Br)cc21)c1ccccc1. The molecule has 0 aliphatic heterocycles. The first-order valence-electron chi connectivity index (χ1n) is 16.3. The van der Waals surface area contributed by atoms with Crippen LogP contribution in [-0.4, -0.2) is 0 Å². The third-order valence-electron chi connectivity index (χ3n) is 10.3. The lowest BCUT2D eigenvalue weighted by Gasteiger charge is -2.33. The second-order valence-electron chi connectivity index (χ2n) is 12.8. The maximum Gasteiger partial charge on any atom is 0.0216 e. The summed E-state index contributed by atoms with van der Waals surface area (Å²) < 4.78 is 2.41. The van der Waals surface area contributed by atoms with Crippen LogP contribution in [-0.2, 0) is 11.8 Å². The molecule has 218 valence electrons. The Labute approximate surface area is 270 Å². The van der Waals surface area contributed by atoms with Crippen molar-refractivity contribution in [2.45, 2.75) is 101 Å². The van der Waals surface area contributed by atoms with Gasteiger partial charge in [0.1, 0.15) is 0 Å². The van der Waals surface area contributed by atoms with Crippen LogP contribution in [0.2, 0.25) is 0 Å². The van der Waals surface area contributed by atoms with E-state index in [4.69, 9.17) is 0 Å². The van der Waals surface area contributed by atoms with Crippen molar-refractivity contribution in [2.24, 2.45) is 0 Å². The van der Waals surface area contributed by atoms with Gasteiger partial charge in [-0.2, -0.15) is 0 Å². The normalized spacial score (nSPS) is 16.8. The van der Waals surface area contributed by atoms with Crippen molar-refractivity contribution < 1.29 is 0 Å². The number of rotatable bonds is 14. The maximum atomic E-state index is 3.84. The molecule has 0 fully saturated rings. The lowest BCUT2D eigenvalue weighted by atomic mass is 9.70. The van der Waals surface area contributed by atoms with Gasteiger partial charge in [0.2, 0.25) is 0 Å². The first kappa shape index (κ1) is 29.9. The predicted octanol–water partition coefficient (Wildman–Crippen LogP) is 12.9. The van der Waals surface area contributed by atoms with Crippen molar-refractivity contribution in [3.05, 3.63) is 128 Å². The van der Waals surface area contributed by atoms with Gasteiger partial charge in [0.15, 0.2) is 0 Å². The Kier molecular flexibility index (Phi) is 9.71. The summed E-state index contributed by atoms with van der Waals surface area (Å²) in [5.74, 6) is 1.47. The Hall–Kier alpha value is -2.16. The second-order valence-corrected chi connectivity index (χ2v) is 14.6. The molecule has 0 heterocycles. The smallest absolute Gasteiger partial charge is 0.0216 e. The van der Waals surface area contributed by atoms with E-state index in [2.05, 4.69) is 130 Å². The van der Waals surface area contributed by atoms with Crippen LogP contribution in [0.4, 0.5) is 0 Å². The summed E-state index contributed by atoms with van der Waals surface area (Å²) >= 11 is 7.68. The third-order valence-corrected chi connectivity index (χ3v) is 11.3. The van der Waals surface area contributed by atoms with Crippen molar-refractivity contribution in [3.63, 3.8) is 0 Å². The minimum Gasteiger partial charge on any atom is -0.0648 e. The first-order valence-corrected chi connectivity index (χ1v) is 17.9. The first-order chi connectivity index (χ1) is 20.6. The molecule has 4 aromatic carbocycles. The highest BCUT2D eigenvalue weighted by Crippen LogP contribution is 2.55. The van der Waals surface area contributed by atoms with Crippen LogP contribution in [0.3, 0.4) is 0 Å². The molecule has 0 saturated heterocycles. The van der Waals surface area contributed by atoms with Crippen molar-refractivity contribution in [2.75, 3.05) is 0 Å². The van der Waals surface area contributed by atoms with Crippen LogP contribution in [0.25, 0.3) is 11.1 Å². The van der Waals surface area contributed by atoms with Gasteiger partial charge in [-0.05, 0) is 114 Å². The average Bonchev–Trinajstić information content (AvgIpc) is 3.25. The van der Waals surface area contributed by atoms with E-state index in [1.54, 1.807) is 22.3 Å². The number of unbranched alkanes of at least 4 members (excludes halogenated alkanes) is 4. The monoisotopic (exact) mass is 682 g/mol. The number of halogens is 2. The van der Waals surface area contributed by atoms with E-state index in [9.17, 15) is 0 Å². The van der Waals surface area contributed by atoms with Gasteiger partial charge in [-0.15, -0.1) is 0 Å². The van der Waals surface area contributed by atoms with Gasteiger partial charge >= 0.3 is 0 Å². The highest BCUT2D eigenvalue weighted by molar-refractivity contribution is 9.10. The Morgan fingerprint density at radius 1 is 0.690 bits per heavy atom. The van der Waals surface area contributed by atoms with E-state index >= 15 is 0 Å². The van der Waals surface area contributed by atoms with Gasteiger partial charge in [0.25, 0.3) is 0 Å². The molecule has 0 spiro atoms. The van der Waals surface area contributed by atoms with E-state index in [1.807, 2.05) is 0 Å². The zero-order valence-corrected chi connectivity index (χ0v) is 28.2. The van der Waals surface area contributed by atoms with E-state index < -0.39 is 0 Å². The summed E-state index contributed by atoms with van der Waals surface area (Å²) in [7, 11) is 0. The van der Waals surface area contributed by atoms with Crippen LogP contribution in [0.5, 0.6) is 0 Å². The fraction of sp³-hybridized carbons (Fsp3) is 0.400. The Bertz CT molecular complexity index is 1440. The van der Waals surface area contributed by atoms with Crippen molar-refractivity contribution in [3.8, 4) is 11.1 Å². The summed E-state index contributed by atoms with van der Waals surface area (Å²) in [4.78, 5) is 0. The van der Waals surface area contributed by atoms with Crippen LogP contribution in [0.1, 0.15) is 117 Å². The lowest BCUT2D eigenvalue weighted by Crippen LogP contribution is -2.25. The molecule has 0 aromatic heterocycles. The molecule has 0 bridgehead atoms. The fourth-order valence-electron chi connectivity index (χ4n) is 8.04. The molecule has 2 aliphatic carbocycles. The zero-order valence-electron chi connectivity index (χ0n) is 25.1. The minimum absolute atomic E-state index is 0.102. The number of hydrogen-bond donors (Lipinski definition) is 0. The van der Waals surface area contributed by atoms with Crippen molar-refractivity contribution in [1.29, 1.82) is 0 Å². The molecular formula is C40H44Br2. The van der Waals surface area contributed by atoms with Gasteiger partial charge in [0, 0.05) is 14.4 Å². The molecule has 2 unspecified atom stereocenters. The van der Waals surface area contributed by atoms with Crippen molar-refractivity contribution >= 4 is 31.9 Å². The molecule has 0 saturated carbocycles. The van der Waals surface area contributed by atoms with E-state index in [1.165, 1.54) is 103 Å². The fourth-order valence-corrected chi connectivity index (χ4v) is 8.77. The third kappa shape index (κ3) is 6.22. The van der Waals surface area contributed by atoms with Crippen LogP contribution in [0, 0.1) is 0 Å². The number of hydrogen-bond acceptors (Lipinski definition) is 0. The Balaban J connectivity index is 1.14. The van der Waals surface area contributed by atoms with Crippen LogP contribution >= 0.6 is 31.9 Å². The molecule has 2 aliphatic rings. The Morgan fingerprint density at radius 2 is 1.31 bits per heavy atom. The van der Waals surface area contributed by atoms with Gasteiger partial charge in [-0.25, -0.2) is 0 Å². The van der Waals surface area contributed by atoms with Gasteiger partial charge in [0.05, 0.1) is 0 Å². The molecule has 42 heavy (non-hydrogen) atoms. The molecule has 0 N–H and O–H groups in total. The Morgan fingerprint density at radius 3 is 1.95 bits per heavy atom. The highest BCUT2D eigenvalue weighted by atomic mass is 79.9. The summed E-state index contributed by atoms with van der Waals surface area (Å²) in [6, 6.07) is 34.3. The molecule has 2 atom stereocenters. The molecule has 0 amide bonds. The summed E-state index contributed by atoms with van der Waals surface area (Å²) in [6.07, 6.45) is 15.5. The summed E-state index contributed by atoms with van der Waals surface area (Å²) in [5.41, 5.74) is 10.8. The quantitative estimate of drug-likeness (QED) is 0.116. The molecule has 6 rings (SSSR count). The molecule has 2 heteroatoms. The summed E-state index contributed by atoms with van der Waals surface area (Å²) in [6.45, 7) is 2.35. The summed E-state index contributed by atoms with van der Waals surface area (Å²) in [5, 5.41) is 0. The standard InChI is InChI=1S/C40H44Br2/c1-2-29(30-15-6-3-7-16-30)14-8-4-12-24-40(25-13-5-9-17-31-26-32-18-10-11-19-35(31)32)38-27-33(41)20-22-36(38)37-23-21-34(42)28-39(37)40/h3,6-7,10-11,15-16,18-23,27-29,31H,2,4-5,8-9,12-14,17,24-26H2,1H3. The molecule has 0 radical (unpaired) electrons. The number of fused-ring (bicyclic) bond motifs is 4. The minimum atomic E-state index is 0.102. The largest absolute Gasteiger partial charge is 0.0648 e. The molecular weight excluding hydrogens is 640 g/mol. The predicted molar refractivity (Wildman–Crippen MR) is 187 cm³/mol. The molecule has 4 aromatic rings. The van der Waals surface area contributed by atoms with E-state index in [-0.39, 0.29) is 5.41 Å². The van der Waals surface area contributed by atoms with Gasteiger partial charge in [-0.1, -0.05) is 144 Å². The van der Waals surface area contributed by atoms with Gasteiger partial charge in [-0.3, -0.25) is 0 Å². The topological polar surface area (TPSA) is 0 Å². The lowest BCUT2D eigenvalue weighted by molar-refractivity contribution is 0.392. The molecule has 0 nitrogen and oxygen atoms in total. The second kappa shape index (κ2) is 13.6. The van der Waals surface area contributed by atoms with E-state index in [0.29, 0.717) is 5.92 Å². The highest BCUT2D eigenvalue weighted by Gasteiger charge is 2.42. The van der Waals surface area contributed by atoms with Gasteiger partial charge < -0.3 is 0 Å². The van der Waals surface area contributed by atoms with E-state index in [0.717, 1.165) is 5.92 Å². The van der Waals surface area contributed by atoms with Crippen molar-refractivity contribution in [1.82, 2.24) is 0 Å². The van der Waals surface area contributed by atoms with Crippen LogP contribution < -0.4 is 0 Å². The average molecular weight is 685 g/mol. The zero-order chi connectivity index (χ0) is 28.9.